The predicted octanol–water partition coefficient (Wildman–Crippen LogP) is 5.93. The van der Waals surface area contributed by atoms with Crippen LogP contribution < -0.4 is 10.5 Å². The predicted molar refractivity (Wildman–Crippen MR) is 123 cm³/mol. The van der Waals surface area contributed by atoms with Crippen LogP contribution in [-0.4, -0.2) is 14.5 Å². The molecule has 0 amide bonds. The van der Waals surface area contributed by atoms with E-state index < -0.39 is 55.9 Å². The van der Waals surface area contributed by atoms with Gasteiger partial charge < -0.3 is 5.73 Å². The molecule has 0 radical (unpaired) electrons. The molecule has 0 bridgehead atoms. The molecule has 0 spiro atoms. The minimum atomic E-state index is -5.20. The van der Waals surface area contributed by atoms with Crippen LogP contribution in [0, 0.1) is 5.92 Å². The summed E-state index contributed by atoms with van der Waals surface area (Å²) in [4.78, 5) is -1.17. The zero-order chi connectivity index (χ0) is 26.9. The van der Waals surface area contributed by atoms with E-state index in [1.165, 1.54) is 0 Å². The van der Waals surface area contributed by atoms with Crippen molar-refractivity contribution in [3.05, 3.63) is 101 Å². The lowest BCUT2D eigenvalue weighted by Gasteiger charge is -2.41. The molecule has 194 valence electrons. The Morgan fingerprint density at radius 2 is 1.08 bits per heavy atom. The molecule has 1 atom stereocenters. The minimum absolute atomic E-state index is 0.125. The number of hydrogen-bond donors (Lipinski definition) is 2. The number of nitrogens with one attached hydrogen (secondary N) is 1. The van der Waals surface area contributed by atoms with Gasteiger partial charge in [0.2, 0.25) is 10.0 Å². The minimum Gasteiger partial charge on any atom is -0.316 e. The molecule has 0 aliphatic heterocycles. The quantitative estimate of drug-likeness (QED) is 0.372. The van der Waals surface area contributed by atoms with Gasteiger partial charge in [-0.15, -0.1) is 0 Å². The number of halogens is 6. The highest BCUT2D eigenvalue weighted by atomic mass is 32.2. The Morgan fingerprint density at radius 3 is 1.42 bits per heavy atom. The molecule has 0 fully saturated rings. The summed E-state index contributed by atoms with van der Waals surface area (Å²) in [7, 11) is -4.90. The molecule has 0 saturated heterocycles. The highest BCUT2D eigenvalue weighted by Gasteiger charge is 2.44. The average Bonchev–Trinajstić information content (AvgIpc) is 2.81. The summed E-state index contributed by atoms with van der Waals surface area (Å²) in [6.45, 7) is 3.29. The standard InChI is InChI=1S/C25H24F6N2O2S/c1-16(2)22(23(32,17-9-5-3-6-10-17)18-11-7-4-8-12-18)33-36(34,35)21-14-19(24(26,27)28)13-20(15-21)25(29,30)31/h3-16,22,33H,32H2,1-2H3/t22-/m0/s1. The number of nitrogens with two attached hydrogens (primary N) is 1. The normalized spacial score (nSPS) is 14.2. The van der Waals surface area contributed by atoms with E-state index in [2.05, 4.69) is 4.72 Å². The number of benzene rings is 3. The third kappa shape index (κ3) is 5.74. The maximum atomic E-state index is 13.3. The summed E-state index contributed by atoms with van der Waals surface area (Å²) in [5, 5.41) is 0. The van der Waals surface area contributed by atoms with Gasteiger partial charge in [-0.1, -0.05) is 74.5 Å². The van der Waals surface area contributed by atoms with Crippen LogP contribution in [-0.2, 0) is 27.9 Å². The maximum absolute atomic E-state index is 13.3. The molecule has 36 heavy (non-hydrogen) atoms. The number of hydrogen-bond acceptors (Lipinski definition) is 3. The van der Waals surface area contributed by atoms with Crippen LogP contribution in [0.4, 0.5) is 26.3 Å². The summed E-state index contributed by atoms with van der Waals surface area (Å²) >= 11 is 0. The molecule has 3 rings (SSSR count). The Kier molecular flexibility index (Phi) is 7.59. The first-order valence-corrected chi connectivity index (χ1v) is 12.3. The van der Waals surface area contributed by atoms with Crippen LogP contribution in [0.3, 0.4) is 0 Å². The largest absolute Gasteiger partial charge is 0.416 e. The van der Waals surface area contributed by atoms with Gasteiger partial charge in [-0.3, -0.25) is 0 Å². The third-order valence-electron chi connectivity index (χ3n) is 5.81. The van der Waals surface area contributed by atoms with Crippen LogP contribution in [0.2, 0.25) is 0 Å². The van der Waals surface area contributed by atoms with Gasteiger partial charge in [0.1, 0.15) is 0 Å². The van der Waals surface area contributed by atoms with Gasteiger partial charge in [-0.2, -0.15) is 26.3 Å². The van der Waals surface area contributed by atoms with Gasteiger partial charge in [0.25, 0.3) is 0 Å². The first-order chi connectivity index (χ1) is 16.6. The molecule has 3 aromatic rings. The summed E-state index contributed by atoms with van der Waals surface area (Å²) < 4.78 is 109. The Hall–Kier alpha value is -2.89. The summed E-state index contributed by atoms with van der Waals surface area (Å²) in [6.07, 6.45) is -10.4. The average molecular weight is 531 g/mol. The van der Waals surface area contributed by atoms with E-state index in [1.807, 2.05) is 0 Å². The van der Waals surface area contributed by atoms with Crippen molar-refractivity contribution < 1.29 is 34.8 Å². The lowest BCUT2D eigenvalue weighted by molar-refractivity contribution is -0.143. The monoisotopic (exact) mass is 530 g/mol. The summed E-state index contributed by atoms with van der Waals surface area (Å²) in [6, 6.07) is 16.0. The zero-order valence-electron chi connectivity index (χ0n) is 19.2. The van der Waals surface area contributed by atoms with E-state index in [9.17, 15) is 34.8 Å². The second-order valence-electron chi connectivity index (χ2n) is 8.69. The Morgan fingerprint density at radius 1 is 0.694 bits per heavy atom. The topological polar surface area (TPSA) is 72.2 Å². The number of rotatable bonds is 7. The van der Waals surface area contributed by atoms with Gasteiger partial charge in [-0.05, 0) is 35.2 Å². The molecule has 0 heterocycles. The van der Waals surface area contributed by atoms with Crippen molar-refractivity contribution in [2.24, 2.45) is 11.7 Å². The van der Waals surface area contributed by atoms with Gasteiger partial charge in [0.05, 0.1) is 27.6 Å². The van der Waals surface area contributed by atoms with Gasteiger partial charge in [-0.25, -0.2) is 13.1 Å². The summed E-state index contributed by atoms with van der Waals surface area (Å²) in [5.74, 6) is -0.530. The molecule has 0 aliphatic carbocycles. The third-order valence-corrected chi connectivity index (χ3v) is 7.23. The van der Waals surface area contributed by atoms with Crippen molar-refractivity contribution in [1.82, 2.24) is 4.72 Å². The summed E-state index contributed by atoms with van der Waals surface area (Å²) in [5.41, 5.74) is 2.90. The highest BCUT2D eigenvalue weighted by molar-refractivity contribution is 7.89. The fourth-order valence-electron chi connectivity index (χ4n) is 4.03. The molecule has 3 N–H and O–H groups in total. The van der Waals surface area contributed by atoms with E-state index in [-0.39, 0.29) is 18.2 Å². The molecule has 0 aliphatic rings. The van der Waals surface area contributed by atoms with E-state index >= 15 is 0 Å². The molecule has 11 heteroatoms. The van der Waals surface area contributed by atoms with Crippen LogP contribution in [0.25, 0.3) is 0 Å². The maximum Gasteiger partial charge on any atom is 0.416 e. The molecule has 4 nitrogen and oxygen atoms in total. The number of alkyl halides is 6. The Labute approximate surface area is 205 Å². The Bertz CT molecular complexity index is 1220. The smallest absolute Gasteiger partial charge is 0.316 e. The van der Waals surface area contributed by atoms with Gasteiger partial charge >= 0.3 is 12.4 Å². The van der Waals surface area contributed by atoms with Crippen LogP contribution in [0.5, 0.6) is 0 Å². The number of sulfonamides is 1. The van der Waals surface area contributed by atoms with Crippen molar-refractivity contribution in [2.75, 3.05) is 0 Å². The second kappa shape index (κ2) is 9.87. The van der Waals surface area contributed by atoms with E-state index in [4.69, 9.17) is 5.73 Å². The molecule has 3 aromatic carbocycles. The second-order valence-corrected chi connectivity index (χ2v) is 10.4. The van der Waals surface area contributed by atoms with Crippen LogP contribution >= 0.6 is 0 Å². The fraction of sp³-hybridized carbons (Fsp3) is 0.280. The van der Waals surface area contributed by atoms with Crippen molar-refractivity contribution in [3.63, 3.8) is 0 Å². The first-order valence-electron chi connectivity index (χ1n) is 10.8. The van der Waals surface area contributed by atoms with Gasteiger partial charge in [0, 0.05) is 0 Å². The molecular formula is C25H24F6N2O2S. The van der Waals surface area contributed by atoms with Gasteiger partial charge in [0.15, 0.2) is 0 Å². The fourth-order valence-corrected chi connectivity index (χ4v) is 5.52. The SMILES string of the molecule is CC(C)[C@H](NS(=O)(=O)c1cc(C(F)(F)F)cc(C(F)(F)F)c1)C(N)(c1ccccc1)c1ccccc1. The van der Waals surface area contributed by atoms with E-state index in [1.54, 1.807) is 74.5 Å². The Balaban J connectivity index is 2.19. The molecule has 0 saturated carbocycles. The first kappa shape index (κ1) is 27.7. The lowest BCUT2D eigenvalue weighted by Crippen LogP contribution is -2.59. The van der Waals surface area contributed by atoms with Crippen LogP contribution in [0.15, 0.2) is 83.8 Å². The lowest BCUT2D eigenvalue weighted by atomic mass is 9.74. The van der Waals surface area contributed by atoms with E-state index in [0.717, 1.165) is 0 Å². The van der Waals surface area contributed by atoms with Crippen molar-refractivity contribution in [3.8, 4) is 0 Å². The molecule has 0 unspecified atom stereocenters. The molecule has 0 aromatic heterocycles. The van der Waals surface area contributed by atoms with E-state index in [0.29, 0.717) is 11.1 Å². The zero-order valence-corrected chi connectivity index (χ0v) is 20.0. The van der Waals surface area contributed by atoms with Crippen molar-refractivity contribution >= 4 is 10.0 Å². The molecular weight excluding hydrogens is 506 g/mol. The van der Waals surface area contributed by atoms with Crippen molar-refractivity contribution in [2.45, 2.75) is 42.7 Å². The highest BCUT2D eigenvalue weighted by Crippen LogP contribution is 2.38. The van der Waals surface area contributed by atoms with Crippen LogP contribution in [0.1, 0.15) is 36.1 Å². The van der Waals surface area contributed by atoms with Crippen molar-refractivity contribution in [1.29, 1.82) is 0 Å².